The zero-order valence-electron chi connectivity index (χ0n) is 13.9. The van der Waals surface area contributed by atoms with Crippen LogP contribution in [-0.4, -0.2) is 45.0 Å². The lowest BCUT2D eigenvalue weighted by molar-refractivity contribution is 0.288. The van der Waals surface area contributed by atoms with Crippen LogP contribution in [0.4, 0.5) is 5.82 Å². The fraction of sp³-hybridized carbons (Fsp3) is 0.500. The maximum Gasteiger partial charge on any atom is 0.358 e. The highest BCUT2D eigenvalue weighted by Gasteiger charge is 2.13. The number of aromatic nitrogens is 4. The lowest BCUT2D eigenvalue weighted by Gasteiger charge is -2.23. The maximum absolute atomic E-state index is 12.0. The number of hydrogen-bond donors (Lipinski definition) is 3. The van der Waals surface area contributed by atoms with Crippen molar-refractivity contribution in [1.82, 2.24) is 28.7 Å². The van der Waals surface area contributed by atoms with E-state index in [-0.39, 0.29) is 48.5 Å². The monoisotopic (exact) mass is 389 g/mol. The average Bonchev–Trinajstić information content (AvgIpc) is 3.14. The first-order chi connectivity index (χ1) is 12.2. The predicted octanol–water partition coefficient (Wildman–Crippen LogP) is -1.21. The molecule has 0 aromatic carbocycles. The van der Waals surface area contributed by atoms with Crippen molar-refractivity contribution in [3.05, 3.63) is 45.7 Å². The van der Waals surface area contributed by atoms with Crippen molar-refractivity contribution < 1.29 is 13.6 Å². The minimum absolute atomic E-state index is 0.00216. The van der Waals surface area contributed by atoms with Crippen LogP contribution in [0.1, 0.15) is 12.2 Å². The molecule has 14 heteroatoms. The molecule has 0 bridgehead atoms. The summed E-state index contributed by atoms with van der Waals surface area (Å²) in [5.41, 5.74) is -0.218. The molecule has 26 heavy (non-hydrogen) atoms. The number of nitrogens with zero attached hydrogens (tertiary/aromatic N) is 5. The number of hydrogen-bond acceptors (Lipinski definition) is 8. The molecule has 146 valence electrons. The third kappa shape index (κ3) is 4.98. The highest BCUT2D eigenvalue weighted by molar-refractivity contribution is 7.89. The Bertz CT molecular complexity index is 893. The highest BCUT2D eigenvalue weighted by atomic mass is 32.2. The topological polar surface area (TPSA) is 180 Å². The van der Waals surface area contributed by atoms with Crippen molar-refractivity contribution in [2.75, 3.05) is 17.5 Å². The van der Waals surface area contributed by atoms with Crippen LogP contribution < -0.4 is 20.5 Å². The van der Waals surface area contributed by atoms with E-state index in [1.165, 1.54) is 27.7 Å². The number of rotatable bonds is 9. The van der Waals surface area contributed by atoms with E-state index in [0.29, 0.717) is 5.82 Å². The lowest BCUT2D eigenvalue weighted by Crippen LogP contribution is -2.32. The Morgan fingerprint density at radius 3 is 2.81 bits per heavy atom. The van der Waals surface area contributed by atoms with Gasteiger partial charge in [0.05, 0.1) is 30.9 Å². The molecule has 0 amide bonds. The van der Waals surface area contributed by atoms with Gasteiger partial charge in [-0.05, 0) is 13.3 Å². The molecular formula is C12H19N7O6S-2. The molecule has 3 N–H and O–H groups in total. The summed E-state index contributed by atoms with van der Waals surface area (Å²) in [5.74, 6) is 0.134. The van der Waals surface area contributed by atoms with E-state index < -0.39 is 14.9 Å². The number of aryl methyl sites for hydroxylation is 2. The summed E-state index contributed by atoms with van der Waals surface area (Å²) in [6.45, 7) is 1.89. The number of sulfonamides is 1. The van der Waals surface area contributed by atoms with Crippen LogP contribution in [0.5, 0.6) is 0 Å². The molecule has 0 unspecified atom stereocenters. The third-order valence-electron chi connectivity index (χ3n) is 3.61. The second-order valence-electron chi connectivity index (χ2n) is 5.39. The highest BCUT2D eigenvalue weighted by Crippen LogP contribution is 2.13. The van der Waals surface area contributed by atoms with E-state index in [1.807, 2.05) is 0 Å². The summed E-state index contributed by atoms with van der Waals surface area (Å²) in [7, 11) is -3.60. The van der Waals surface area contributed by atoms with E-state index in [2.05, 4.69) is 14.7 Å². The van der Waals surface area contributed by atoms with Gasteiger partial charge in [-0.25, -0.2) is 27.7 Å². The number of aromatic amines is 1. The van der Waals surface area contributed by atoms with Gasteiger partial charge in [-0.3, -0.25) is 10.1 Å². The molecule has 0 aliphatic rings. The number of H-pyrrole nitrogens is 1. The van der Waals surface area contributed by atoms with Gasteiger partial charge in [0.2, 0.25) is 10.0 Å². The number of nitrogens with one attached hydrogen (secondary N) is 2. The quantitative estimate of drug-likeness (QED) is 0.447. The zero-order chi connectivity index (χ0) is 19.3. The summed E-state index contributed by atoms with van der Waals surface area (Å²) in [6, 6.07) is 0. The van der Waals surface area contributed by atoms with Gasteiger partial charge in [-0.2, -0.15) is 0 Å². The predicted molar refractivity (Wildman–Crippen MR) is 91.8 cm³/mol. The standard InChI is InChI=1S/C12H19N7O6S/c1-10-14-9-11(18(20)21)17(10)7-4-15-26(24,25)8-2-5-16-6-3-13-12(16)19(22)23/h3,6,9,13,15,20H,2,4-5,7-8H2,1H3/q-2. The summed E-state index contributed by atoms with van der Waals surface area (Å²) in [6.07, 6.45) is 4.22. The van der Waals surface area contributed by atoms with Crippen LogP contribution in [0.3, 0.4) is 0 Å². The first kappa shape index (κ1) is 19.8. The fourth-order valence-electron chi connectivity index (χ4n) is 2.39. The molecular weight excluding hydrogens is 370 g/mol. The molecule has 2 heterocycles. The van der Waals surface area contributed by atoms with Crippen LogP contribution in [0.25, 0.3) is 0 Å². The number of anilines is 1. The maximum atomic E-state index is 12.0. The van der Waals surface area contributed by atoms with Gasteiger partial charge >= 0.3 is 5.62 Å². The largest absolute Gasteiger partial charge is 0.744 e. The molecule has 0 radical (unpaired) electrons. The molecule has 0 fully saturated rings. The Balaban J connectivity index is 1.85. The van der Waals surface area contributed by atoms with Crippen molar-refractivity contribution in [3.8, 4) is 0 Å². The van der Waals surface area contributed by atoms with Crippen LogP contribution in [0.15, 0.2) is 18.6 Å². The van der Waals surface area contributed by atoms with E-state index in [9.17, 15) is 24.0 Å². The van der Waals surface area contributed by atoms with E-state index in [0.717, 1.165) is 0 Å². The average molecular weight is 389 g/mol. The molecule has 0 aliphatic heterocycles. The number of imidazole rings is 2. The minimum Gasteiger partial charge on any atom is -0.744 e. The van der Waals surface area contributed by atoms with Crippen LogP contribution in [0, 0.1) is 22.5 Å². The van der Waals surface area contributed by atoms with Crippen LogP contribution >= 0.6 is 0 Å². The Labute approximate surface area is 148 Å². The molecule has 0 atom stereocenters. The first-order valence-electron chi connectivity index (χ1n) is 7.58. The normalized spacial score (nSPS) is 11.7. The molecule has 2 aromatic rings. The van der Waals surface area contributed by atoms with E-state index >= 15 is 0 Å². The van der Waals surface area contributed by atoms with Crippen LogP contribution in [-0.2, 0) is 23.1 Å². The molecule has 2 aromatic heterocycles. The molecule has 13 nitrogen and oxygen atoms in total. The van der Waals surface area contributed by atoms with Crippen molar-refractivity contribution >= 4 is 15.8 Å². The SMILES string of the molecule is Cc1ncc(N([O-])O)n1CCNS(=O)(=O)CCCn1cc[nH]c1=[N+]([O-])[O-]. The summed E-state index contributed by atoms with van der Waals surface area (Å²) in [4.78, 5) is 5.75. The van der Waals surface area contributed by atoms with Crippen LogP contribution in [0.2, 0.25) is 0 Å². The van der Waals surface area contributed by atoms with Crippen molar-refractivity contribution in [2.45, 2.75) is 26.4 Å². The summed E-state index contributed by atoms with van der Waals surface area (Å²) in [5, 5.41) is 41.2. The summed E-state index contributed by atoms with van der Waals surface area (Å²) < 4.78 is 29.1. The Morgan fingerprint density at radius 1 is 1.42 bits per heavy atom. The molecule has 0 spiro atoms. The fourth-order valence-corrected chi connectivity index (χ4v) is 3.44. The lowest BCUT2D eigenvalue weighted by atomic mass is 10.5. The van der Waals surface area contributed by atoms with Crippen molar-refractivity contribution in [2.24, 2.45) is 0 Å². The third-order valence-corrected chi connectivity index (χ3v) is 5.08. The van der Waals surface area contributed by atoms with Gasteiger partial charge in [0, 0.05) is 13.1 Å². The van der Waals surface area contributed by atoms with E-state index in [1.54, 1.807) is 6.92 Å². The smallest absolute Gasteiger partial charge is 0.358 e. The van der Waals surface area contributed by atoms with Gasteiger partial charge in [0.25, 0.3) is 0 Å². The van der Waals surface area contributed by atoms with Gasteiger partial charge in [0.15, 0.2) is 0 Å². The summed E-state index contributed by atoms with van der Waals surface area (Å²) >= 11 is 0. The molecule has 0 saturated carbocycles. The first-order valence-corrected chi connectivity index (χ1v) is 9.23. The van der Waals surface area contributed by atoms with Gasteiger partial charge in [-0.15, -0.1) is 0 Å². The molecule has 2 rings (SSSR count). The molecule has 0 saturated heterocycles. The van der Waals surface area contributed by atoms with Gasteiger partial charge < -0.3 is 25.4 Å². The Kier molecular flexibility index (Phi) is 6.25. The van der Waals surface area contributed by atoms with Gasteiger partial charge in [0.1, 0.15) is 11.6 Å². The molecule has 0 aliphatic carbocycles. The Hall–Kier alpha value is -2.55. The van der Waals surface area contributed by atoms with E-state index in [4.69, 9.17) is 5.21 Å². The van der Waals surface area contributed by atoms with Gasteiger partial charge in [-0.1, -0.05) is 0 Å². The minimum atomic E-state index is -3.60. The van der Waals surface area contributed by atoms with Crippen molar-refractivity contribution in [3.63, 3.8) is 0 Å². The zero-order valence-corrected chi connectivity index (χ0v) is 14.7. The second kappa shape index (κ2) is 8.22. The second-order valence-corrected chi connectivity index (χ2v) is 7.32. The Morgan fingerprint density at radius 2 is 2.15 bits per heavy atom. The van der Waals surface area contributed by atoms with Crippen molar-refractivity contribution in [1.29, 1.82) is 0 Å².